The zero-order chi connectivity index (χ0) is 37.4. The number of aromatic nitrogens is 4. The fourth-order valence-electron chi connectivity index (χ4n) is 8.40. The van der Waals surface area contributed by atoms with Gasteiger partial charge in [0.1, 0.15) is 50.4 Å². The maximum atomic E-state index is 6.62. The summed E-state index contributed by atoms with van der Waals surface area (Å²) in [6.07, 6.45) is 0. The van der Waals surface area contributed by atoms with Gasteiger partial charge in [0.05, 0.1) is 11.0 Å². The molecule has 0 saturated heterocycles. The van der Waals surface area contributed by atoms with Crippen LogP contribution in [-0.4, -0.2) is 58.8 Å². The molecule has 0 bridgehead atoms. The summed E-state index contributed by atoms with van der Waals surface area (Å²) in [5.74, 6) is 1.85. The van der Waals surface area contributed by atoms with Gasteiger partial charge in [0, 0.05) is 50.0 Å². The molecule has 0 aliphatic heterocycles. The van der Waals surface area contributed by atoms with E-state index in [-0.39, 0.29) is 0 Å². The molecule has 0 radical (unpaired) electrons. The quantitative estimate of drug-likeness (QED) is 0.260. The van der Waals surface area contributed by atoms with Crippen LogP contribution in [0, 0.1) is 0 Å². The molecule has 0 spiro atoms. The van der Waals surface area contributed by atoms with Gasteiger partial charge >= 0.3 is 0 Å². The van der Waals surface area contributed by atoms with E-state index in [9.17, 15) is 0 Å². The summed E-state index contributed by atoms with van der Waals surface area (Å²) in [6, 6.07) is 48.6. The third kappa shape index (κ3) is 5.27. The van der Waals surface area contributed by atoms with Gasteiger partial charge in [-0.2, -0.15) is 0 Å². The lowest BCUT2D eigenvalue weighted by atomic mass is 9.59. The zero-order valence-corrected chi connectivity index (χ0v) is 31.5. The van der Waals surface area contributed by atoms with Gasteiger partial charge in [0.25, 0.3) is 0 Å². The van der Waals surface area contributed by atoms with Gasteiger partial charge in [0.15, 0.2) is 17.5 Å². The number of hydrogen-bond donors (Lipinski definition) is 0. The van der Waals surface area contributed by atoms with Crippen LogP contribution in [0.3, 0.4) is 0 Å². The second kappa shape index (κ2) is 12.8. The zero-order valence-electron chi connectivity index (χ0n) is 31.5. The van der Waals surface area contributed by atoms with Crippen molar-refractivity contribution in [2.24, 2.45) is 0 Å². The van der Waals surface area contributed by atoms with Crippen LogP contribution in [-0.2, 0) is 0 Å². The highest BCUT2D eigenvalue weighted by Gasteiger charge is 2.20. The van der Waals surface area contributed by atoms with E-state index >= 15 is 0 Å². The smallest absolute Gasteiger partial charge is 0.164 e. The first-order chi connectivity index (χ1) is 26.9. The Labute approximate surface area is 323 Å². The summed E-state index contributed by atoms with van der Waals surface area (Å²) in [5.41, 5.74) is 16.9. The fourth-order valence-corrected chi connectivity index (χ4v) is 8.40. The molecule has 0 fully saturated rings. The van der Waals surface area contributed by atoms with Crippen LogP contribution in [0.4, 0.5) is 0 Å². The van der Waals surface area contributed by atoms with Crippen molar-refractivity contribution in [3.05, 3.63) is 140 Å². The predicted octanol–water partition coefficient (Wildman–Crippen LogP) is 2.83. The van der Waals surface area contributed by atoms with Crippen molar-refractivity contribution in [3.63, 3.8) is 0 Å². The Hall–Kier alpha value is -6.53. The van der Waals surface area contributed by atoms with Crippen LogP contribution >= 0.6 is 0 Å². The SMILES string of the molecule is Bc1c(B)c(B)c(-c2ccc(-c3nc(-c4ccccc4)nc(-c4cccc5oc6cc(-n7c8ccccc8c8ccccc87)ccc6c45)n3)cc2)c(B)c1B. The highest BCUT2D eigenvalue weighted by molar-refractivity contribution is 6.68. The lowest BCUT2D eigenvalue weighted by Gasteiger charge is -2.20. The molecule has 5 nitrogen and oxygen atoms in total. The monoisotopic (exact) mass is 700 g/mol. The standard InChI is InChI=1S/C45H33B5N4O/c46-38-36(39(47)41(49)42(50)40(38)48)24-17-19-26(20-18-24)44-51-43(25-9-2-1-3-10-25)52-45(53-44)31-13-8-16-34-37(31)30-22-21-27(23-35(30)55-34)54-32-14-6-4-11-28(32)29-12-5-7-15-33(29)54/h1-23H,46-50H2. The predicted molar refractivity (Wildman–Crippen MR) is 244 cm³/mol. The summed E-state index contributed by atoms with van der Waals surface area (Å²) in [6.45, 7) is 0. The number of furan rings is 1. The molecule has 3 heterocycles. The third-order valence-corrected chi connectivity index (χ3v) is 11.7. The van der Waals surface area contributed by atoms with Crippen molar-refractivity contribution in [2.75, 3.05) is 0 Å². The second-order valence-electron chi connectivity index (χ2n) is 14.6. The number of hydrogen-bond acceptors (Lipinski definition) is 4. The summed E-state index contributed by atoms with van der Waals surface area (Å²) < 4.78 is 8.94. The molecule has 10 rings (SSSR count). The second-order valence-corrected chi connectivity index (χ2v) is 14.6. The van der Waals surface area contributed by atoms with E-state index in [1.54, 1.807) is 0 Å². The van der Waals surface area contributed by atoms with Crippen molar-refractivity contribution >= 4 is 110 Å². The van der Waals surface area contributed by atoms with Crippen molar-refractivity contribution < 1.29 is 4.42 Å². The van der Waals surface area contributed by atoms with E-state index in [0.717, 1.165) is 55.3 Å². The Morgan fingerprint density at radius 3 is 1.62 bits per heavy atom. The topological polar surface area (TPSA) is 56.7 Å². The van der Waals surface area contributed by atoms with E-state index in [4.69, 9.17) is 19.4 Å². The summed E-state index contributed by atoms with van der Waals surface area (Å²) in [5, 5.41) is 4.45. The number of para-hydroxylation sites is 2. The molecular weight excluding hydrogens is 667 g/mol. The lowest BCUT2D eigenvalue weighted by Crippen LogP contribution is -2.55. The summed E-state index contributed by atoms with van der Waals surface area (Å²) in [7, 11) is 11.1. The Kier molecular flexibility index (Phi) is 7.70. The molecule has 7 aromatic carbocycles. The van der Waals surface area contributed by atoms with Gasteiger partial charge in [-0.3, -0.25) is 0 Å². The van der Waals surface area contributed by atoms with Gasteiger partial charge < -0.3 is 8.98 Å². The largest absolute Gasteiger partial charge is 0.456 e. The van der Waals surface area contributed by atoms with Crippen LogP contribution < -0.4 is 27.3 Å². The minimum atomic E-state index is 0.601. The van der Waals surface area contributed by atoms with Crippen LogP contribution in [0.25, 0.3) is 94.7 Å². The first kappa shape index (κ1) is 33.1. The minimum Gasteiger partial charge on any atom is -0.456 e. The Balaban J connectivity index is 1.12. The Bertz CT molecular complexity index is 3070. The summed E-state index contributed by atoms with van der Waals surface area (Å²) >= 11 is 0. The average Bonchev–Trinajstić information content (AvgIpc) is 3.78. The van der Waals surface area contributed by atoms with Gasteiger partial charge in [-0.1, -0.05) is 114 Å². The molecule has 0 N–H and O–H groups in total. The van der Waals surface area contributed by atoms with Crippen LogP contribution in [0.15, 0.2) is 144 Å². The molecule has 0 aliphatic carbocycles. The van der Waals surface area contributed by atoms with Crippen molar-refractivity contribution in [3.8, 4) is 51.0 Å². The van der Waals surface area contributed by atoms with Crippen LogP contribution in [0.2, 0.25) is 0 Å². The third-order valence-electron chi connectivity index (χ3n) is 11.7. The molecule has 254 valence electrons. The maximum absolute atomic E-state index is 6.62. The molecular formula is C45H33B5N4O. The molecule has 10 heteroatoms. The van der Waals surface area contributed by atoms with Crippen molar-refractivity contribution in [1.82, 2.24) is 19.5 Å². The molecule has 0 unspecified atom stereocenters. The van der Waals surface area contributed by atoms with Crippen LogP contribution in [0.1, 0.15) is 0 Å². The minimum absolute atomic E-state index is 0.601. The summed E-state index contributed by atoms with van der Waals surface area (Å²) in [4.78, 5) is 15.3. The van der Waals surface area contributed by atoms with E-state index < -0.39 is 0 Å². The average molecular weight is 700 g/mol. The van der Waals surface area contributed by atoms with E-state index in [1.807, 2.05) is 42.5 Å². The molecule has 3 aromatic heterocycles. The van der Waals surface area contributed by atoms with Crippen LogP contribution in [0.5, 0.6) is 0 Å². The van der Waals surface area contributed by atoms with E-state index in [2.05, 4.69) is 141 Å². The highest BCUT2D eigenvalue weighted by atomic mass is 16.3. The normalized spacial score (nSPS) is 11.6. The van der Waals surface area contributed by atoms with Crippen molar-refractivity contribution in [2.45, 2.75) is 0 Å². The van der Waals surface area contributed by atoms with E-state index in [1.165, 1.54) is 49.2 Å². The number of rotatable bonds is 5. The first-order valence-electron chi connectivity index (χ1n) is 18.8. The van der Waals surface area contributed by atoms with Crippen molar-refractivity contribution in [1.29, 1.82) is 0 Å². The maximum Gasteiger partial charge on any atom is 0.164 e. The molecule has 55 heavy (non-hydrogen) atoms. The first-order valence-corrected chi connectivity index (χ1v) is 18.8. The molecule has 0 aliphatic rings. The number of benzene rings is 7. The Morgan fingerprint density at radius 1 is 0.418 bits per heavy atom. The lowest BCUT2D eigenvalue weighted by molar-refractivity contribution is 0.668. The number of nitrogens with zero attached hydrogens (tertiary/aromatic N) is 4. The van der Waals surface area contributed by atoms with Gasteiger partial charge in [0.2, 0.25) is 0 Å². The Morgan fingerprint density at radius 2 is 0.964 bits per heavy atom. The van der Waals surface area contributed by atoms with Gasteiger partial charge in [-0.05, 0) is 41.5 Å². The molecule has 0 saturated carbocycles. The molecule has 0 atom stereocenters. The fraction of sp³-hybridized carbons (Fsp3) is 0. The van der Waals surface area contributed by atoms with E-state index in [0.29, 0.717) is 17.5 Å². The number of fused-ring (bicyclic) bond motifs is 6. The highest BCUT2D eigenvalue weighted by Crippen LogP contribution is 2.39. The molecule has 10 aromatic rings. The molecule has 0 amide bonds. The van der Waals surface area contributed by atoms with Gasteiger partial charge in [-0.25, -0.2) is 15.0 Å². The van der Waals surface area contributed by atoms with Gasteiger partial charge in [-0.15, -0.1) is 16.4 Å².